The van der Waals surface area contributed by atoms with Crippen molar-refractivity contribution < 1.29 is 22.8 Å². The van der Waals surface area contributed by atoms with E-state index in [0.717, 1.165) is 12.1 Å². The van der Waals surface area contributed by atoms with Gasteiger partial charge in [0.2, 0.25) is 5.75 Å². The molecular formula is C14H10F3NO3. The van der Waals surface area contributed by atoms with Crippen molar-refractivity contribution in [3.05, 3.63) is 63.7 Å². The number of benzene rings is 2. The van der Waals surface area contributed by atoms with Gasteiger partial charge in [-0.3, -0.25) is 10.1 Å². The van der Waals surface area contributed by atoms with Gasteiger partial charge in [-0.15, -0.1) is 0 Å². The van der Waals surface area contributed by atoms with Crippen LogP contribution >= 0.6 is 0 Å². The van der Waals surface area contributed by atoms with Gasteiger partial charge in [0.15, 0.2) is 0 Å². The minimum atomic E-state index is -4.65. The summed E-state index contributed by atoms with van der Waals surface area (Å²) >= 11 is 0. The van der Waals surface area contributed by atoms with Gasteiger partial charge in [-0.05, 0) is 30.7 Å². The highest BCUT2D eigenvalue weighted by Gasteiger charge is 2.33. The number of halogens is 3. The molecule has 2 rings (SSSR count). The summed E-state index contributed by atoms with van der Waals surface area (Å²) in [7, 11) is 0. The van der Waals surface area contributed by atoms with Gasteiger partial charge in [-0.2, -0.15) is 13.2 Å². The fraction of sp³-hybridized carbons (Fsp3) is 0.143. The molecule has 0 saturated carbocycles. The number of nitro groups is 1. The van der Waals surface area contributed by atoms with Crippen LogP contribution in [0.2, 0.25) is 0 Å². The zero-order valence-corrected chi connectivity index (χ0v) is 10.8. The molecule has 2 aromatic carbocycles. The molecule has 0 aliphatic rings. The largest absolute Gasteiger partial charge is 0.450 e. The molecule has 0 aliphatic heterocycles. The summed E-state index contributed by atoms with van der Waals surface area (Å²) in [6, 6.07) is 8.89. The Kier molecular flexibility index (Phi) is 3.84. The minimum Gasteiger partial charge on any atom is -0.450 e. The van der Waals surface area contributed by atoms with Crippen LogP contribution in [0.4, 0.5) is 18.9 Å². The Labute approximate surface area is 117 Å². The van der Waals surface area contributed by atoms with Crippen molar-refractivity contribution in [2.75, 3.05) is 0 Å². The van der Waals surface area contributed by atoms with Crippen LogP contribution < -0.4 is 4.74 Å². The first-order chi connectivity index (χ1) is 9.79. The number of nitro benzene ring substituents is 1. The van der Waals surface area contributed by atoms with Gasteiger partial charge < -0.3 is 4.74 Å². The van der Waals surface area contributed by atoms with Gasteiger partial charge in [0.1, 0.15) is 5.75 Å². The van der Waals surface area contributed by atoms with E-state index >= 15 is 0 Å². The molecule has 0 aliphatic carbocycles. The SMILES string of the molecule is Cc1ccccc1Oc1ccc(C(F)(F)F)cc1[N+](=O)[O-]. The van der Waals surface area contributed by atoms with E-state index in [2.05, 4.69) is 0 Å². The maximum Gasteiger partial charge on any atom is 0.416 e. The highest BCUT2D eigenvalue weighted by Crippen LogP contribution is 2.38. The van der Waals surface area contributed by atoms with Crippen LogP contribution in [-0.4, -0.2) is 4.92 Å². The van der Waals surface area contributed by atoms with E-state index in [-0.39, 0.29) is 5.75 Å². The fourth-order valence-corrected chi connectivity index (χ4v) is 1.71. The van der Waals surface area contributed by atoms with Crippen molar-refractivity contribution in [1.82, 2.24) is 0 Å². The number of ether oxygens (including phenoxy) is 1. The quantitative estimate of drug-likeness (QED) is 0.608. The standard InChI is InChI=1S/C14H10F3NO3/c1-9-4-2-3-5-12(9)21-13-7-6-10(14(15,16)17)8-11(13)18(19)20/h2-8H,1H3. The molecule has 7 heteroatoms. The van der Waals surface area contributed by atoms with Crippen LogP contribution in [0.15, 0.2) is 42.5 Å². The van der Waals surface area contributed by atoms with E-state index in [0.29, 0.717) is 17.4 Å². The van der Waals surface area contributed by atoms with Crippen molar-refractivity contribution >= 4 is 5.69 Å². The van der Waals surface area contributed by atoms with Gasteiger partial charge >= 0.3 is 11.9 Å². The van der Waals surface area contributed by atoms with Crippen molar-refractivity contribution in [3.8, 4) is 11.5 Å². The zero-order chi connectivity index (χ0) is 15.6. The maximum atomic E-state index is 12.6. The van der Waals surface area contributed by atoms with Gasteiger partial charge in [0.05, 0.1) is 10.5 Å². The molecule has 0 saturated heterocycles. The maximum absolute atomic E-state index is 12.6. The van der Waals surface area contributed by atoms with Gasteiger partial charge in [-0.25, -0.2) is 0 Å². The van der Waals surface area contributed by atoms with Crippen LogP contribution in [0.5, 0.6) is 11.5 Å². The predicted molar refractivity (Wildman–Crippen MR) is 69.4 cm³/mol. The Bertz CT molecular complexity index is 683. The average molecular weight is 297 g/mol. The molecule has 0 bridgehead atoms. The molecule has 0 aromatic heterocycles. The fourth-order valence-electron chi connectivity index (χ4n) is 1.71. The number of aryl methyl sites for hydroxylation is 1. The van der Waals surface area contributed by atoms with Crippen molar-refractivity contribution in [2.24, 2.45) is 0 Å². The van der Waals surface area contributed by atoms with Crippen LogP contribution in [0.3, 0.4) is 0 Å². The normalized spacial score (nSPS) is 11.2. The summed E-state index contributed by atoms with van der Waals surface area (Å²) in [5.41, 5.74) is -1.11. The second-order valence-corrected chi connectivity index (χ2v) is 4.30. The highest BCUT2D eigenvalue weighted by atomic mass is 19.4. The van der Waals surface area contributed by atoms with Crippen LogP contribution in [0.1, 0.15) is 11.1 Å². The summed E-state index contributed by atoms with van der Waals surface area (Å²) < 4.78 is 43.1. The number of hydrogen-bond donors (Lipinski definition) is 0. The number of nitrogens with zero attached hydrogens (tertiary/aromatic N) is 1. The zero-order valence-electron chi connectivity index (χ0n) is 10.8. The predicted octanol–water partition coefficient (Wildman–Crippen LogP) is 4.71. The summed E-state index contributed by atoms with van der Waals surface area (Å²) in [6.07, 6.45) is -4.65. The molecule has 110 valence electrons. The average Bonchev–Trinajstić information content (AvgIpc) is 2.40. The highest BCUT2D eigenvalue weighted by molar-refractivity contribution is 5.51. The lowest BCUT2D eigenvalue weighted by Crippen LogP contribution is -2.06. The van der Waals surface area contributed by atoms with E-state index < -0.39 is 22.4 Å². The summed E-state index contributed by atoms with van der Waals surface area (Å²) in [6.45, 7) is 1.73. The van der Waals surface area contributed by atoms with E-state index in [1.807, 2.05) is 0 Å². The lowest BCUT2D eigenvalue weighted by atomic mass is 10.1. The summed E-state index contributed by atoms with van der Waals surface area (Å²) in [5, 5.41) is 10.9. The van der Waals surface area contributed by atoms with Crippen LogP contribution in [0.25, 0.3) is 0 Å². The monoisotopic (exact) mass is 297 g/mol. The number of rotatable bonds is 3. The van der Waals surface area contributed by atoms with Crippen LogP contribution in [0, 0.1) is 17.0 Å². The third kappa shape index (κ3) is 3.31. The van der Waals surface area contributed by atoms with Crippen molar-refractivity contribution in [2.45, 2.75) is 13.1 Å². The molecule has 0 spiro atoms. The van der Waals surface area contributed by atoms with Crippen LogP contribution in [-0.2, 0) is 6.18 Å². The Morgan fingerprint density at radius 2 is 1.76 bits per heavy atom. The molecule has 0 atom stereocenters. The lowest BCUT2D eigenvalue weighted by Gasteiger charge is -2.11. The topological polar surface area (TPSA) is 52.4 Å². The Morgan fingerprint density at radius 1 is 1.10 bits per heavy atom. The number of hydrogen-bond acceptors (Lipinski definition) is 3. The second-order valence-electron chi connectivity index (χ2n) is 4.30. The molecular weight excluding hydrogens is 287 g/mol. The number of para-hydroxylation sites is 1. The van der Waals surface area contributed by atoms with Gasteiger partial charge in [-0.1, -0.05) is 18.2 Å². The first-order valence-electron chi connectivity index (χ1n) is 5.88. The molecule has 2 aromatic rings. The minimum absolute atomic E-state index is 0.234. The Hall–Kier alpha value is -2.57. The molecule has 21 heavy (non-hydrogen) atoms. The molecule has 0 fully saturated rings. The van der Waals surface area contributed by atoms with E-state index in [4.69, 9.17) is 4.74 Å². The second kappa shape index (κ2) is 5.43. The molecule has 0 N–H and O–H groups in total. The van der Waals surface area contributed by atoms with E-state index in [1.54, 1.807) is 31.2 Å². The number of alkyl halides is 3. The molecule has 0 radical (unpaired) electrons. The molecule has 0 unspecified atom stereocenters. The van der Waals surface area contributed by atoms with Crippen molar-refractivity contribution in [1.29, 1.82) is 0 Å². The first-order valence-corrected chi connectivity index (χ1v) is 5.88. The summed E-state index contributed by atoms with van der Waals surface area (Å²) in [4.78, 5) is 10.0. The Balaban J connectivity index is 2.45. The molecule has 0 amide bonds. The van der Waals surface area contributed by atoms with Gasteiger partial charge in [0.25, 0.3) is 0 Å². The van der Waals surface area contributed by atoms with E-state index in [9.17, 15) is 23.3 Å². The first kappa shape index (κ1) is 14.8. The molecule has 0 heterocycles. The lowest BCUT2D eigenvalue weighted by molar-refractivity contribution is -0.385. The van der Waals surface area contributed by atoms with Gasteiger partial charge in [0, 0.05) is 6.07 Å². The smallest absolute Gasteiger partial charge is 0.416 e. The van der Waals surface area contributed by atoms with E-state index in [1.165, 1.54) is 0 Å². The third-order valence-electron chi connectivity index (χ3n) is 2.80. The van der Waals surface area contributed by atoms with Crippen molar-refractivity contribution in [3.63, 3.8) is 0 Å². The molecule has 4 nitrogen and oxygen atoms in total. The summed E-state index contributed by atoms with van der Waals surface area (Å²) in [5.74, 6) is 0.114. The Morgan fingerprint density at radius 3 is 2.33 bits per heavy atom. The third-order valence-corrected chi connectivity index (χ3v) is 2.80.